The Hall–Kier alpha value is 0.210. The molecule has 1 rings (SSSR count). The van der Waals surface area contributed by atoms with Gasteiger partial charge in [-0.15, -0.1) is 12.4 Å². The number of piperidine rings is 1. The maximum absolute atomic E-state index is 5.57. The van der Waals surface area contributed by atoms with E-state index < -0.39 is 0 Å². The lowest BCUT2D eigenvalue weighted by molar-refractivity contribution is 0.102. The van der Waals surface area contributed by atoms with Crippen LogP contribution in [-0.2, 0) is 4.74 Å². The summed E-state index contributed by atoms with van der Waals surface area (Å²) in [5, 5.41) is 0. The molecule has 1 atom stereocenters. The van der Waals surface area contributed by atoms with Crippen molar-refractivity contribution in [2.24, 2.45) is 0 Å². The highest BCUT2D eigenvalue weighted by atomic mass is 35.5. The van der Waals surface area contributed by atoms with Gasteiger partial charge in [0.05, 0.1) is 0 Å². The quantitative estimate of drug-likeness (QED) is 0.641. The molecule has 2 nitrogen and oxygen atoms in total. The fourth-order valence-electron chi connectivity index (χ4n) is 2.21. The minimum absolute atomic E-state index is 0. The van der Waals surface area contributed by atoms with Gasteiger partial charge in [-0.1, -0.05) is 19.8 Å². The largest absolute Gasteiger partial charge is 0.381 e. The molecule has 16 heavy (non-hydrogen) atoms. The van der Waals surface area contributed by atoms with Crippen LogP contribution in [0.15, 0.2) is 0 Å². The molecule has 0 amide bonds. The number of hydrogen-bond acceptors (Lipinski definition) is 2. The van der Waals surface area contributed by atoms with E-state index in [0.29, 0.717) is 0 Å². The first kappa shape index (κ1) is 16.2. The van der Waals surface area contributed by atoms with Crippen LogP contribution in [0.2, 0.25) is 0 Å². The Kier molecular flexibility index (Phi) is 10.5. The molecular formula is C13H28ClNO. The Labute approximate surface area is 107 Å². The number of halogens is 1. The van der Waals surface area contributed by atoms with Crippen molar-refractivity contribution in [1.29, 1.82) is 0 Å². The molecule has 0 aliphatic carbocycles. The molecule has 0 saturated carbocycles. The molecule has 0 radical (unpaired) electrons. The molecule has 3 heteroatoms. The highest BCUT2D eigenvalue weighted by Crippen LogP contribution is 2.16. The zero-order valence-corrected chi connectivity index (χ0v) is 11.7. The molecule has 0 bridgehead atoms. The molecule has 0 N–H and O–H groups in total. The van der Waals surface area contributed by atoms with Crippen LogP contribution in [0.1, 0.15) is 52.4 Å². The third-order valence-corrected chi connectivity index (χ3v) is 3.32. The van der Waals surface area contributed by atoms with E-state index in [9.17, 15) is 0 Å². The zero-order valence-electron chi connectivity index (χ0n) is 10.9. The number of rotatable bonds is 7. The third kappa shape index (κ3) is 6.72. The molecule has 1 saturated heterocycles. The summed E-state index contributed by atoms with van der Waals surface area (Å²) in [7, 11) is 0. The van der Waals surface area contributed by atoms with Crippen LogP contribution >= 0.6 is 12.4 Å². The molecule has 1 fully saturated rings. The Balaban J connectivity index is 0.00000225. The molecule has 0 spiro atoms. The summed E-state index contributed by atoms with van der Waals surface area (Å²) >= 11 is 0. The van der Waals surface area contributed by atoms with Crippen molar-refractivity contribution in [2.45, 2.75) is 58.4 Å². The van der Waals surface area contributed by atoms with Gasteiger partial charge in [0.15, 0.2) is 0 Å². The molecule has 1 unspecified atom stereocenters. The Morgan fingerprint density at radius 2 is 1.94 bits per heavy atom. The van der Waals surface area contributed by atoms with Gasteiger partial charge in [0, 0.05) is 25.8 Å². The minimum atomic E-state index is 0. The standard InChI is InChI=1S/C13H27NO.ClH/c1-3-4-11-15-12-7-10-14-9-6-5-8-13(14)2;/h13H,3-12H2,1-2H3;1H. The van der Waals surface area contributed by atoms with Gasteiger partial charge in [-0.05, 0) is 39.2 Å². The summed E-state index contributed by atoms with van der Waals surface area (Å²) in [6.07, 6.45) is 7.85. The molecule has 0 aromatic carbocycles. The van der Waals surface area contributed by atoms with Gasteiger partial charge < -0.3 is 9.64 Å². The fourth-order valence-corrected chi connectivity index (χ4v) is 2.21. The van der Waals surface area contributed by atoms with Crippen LogP contribution in [0, 0.1) is 0 Å². The second-order valence-corrected chi connectivity index (χ2v) is 4.70. The number of nitrogens with zero attached hydrogens (tertiary/aromatic N) is 1. The molecule has 98 valence electrons. The van der Waals surface area contributed by atoms with Crippen molar-refractivity contribution in [2.75, 3.05) is 26.3 Å². The second kappa shape index (κ2) is 10.4. The summed E-state index contributed by atoms with van der Waals surface area (Å²) in [6.45, 7) is 8.99. The number of hydrogen-bond donors (Lipinski definition) is 0. The van der Waals surface area contributed by atoms with E-state index in [0.717, 1.165) is 19.3 Å². The Morgan fingerprint density at radius 3 is 2.62 bits per heavy atom. The number of likely N-dealkylation sites (tertiary alicyclic amines) is 1. The van der Waals surface area contributed by atoms with Crippen molar-refractivity contribution in [3.05, 3.63) is 0 Å². The van der Waals surface area contributed by atoms with Crippen molar-refractivity contribution >= 4 is 12.4 Å². The first-order valence-electron chi connectivity index (χ1n) is 6.66. The Morgan fingerprint density at radius 1 is 1.19 bits per heavy atom. The van der Waals surface area contributed by atoms with Crippen LogP contribution < -0.4 is 0 Å². The van der Waals surface area contributed by atoms with Gasteiger partial charge >= 0.3 is 0 Å². The van der Waals surface area contributed by atoms with Crippen LogP contribution in [0.3, 0.4) is 0 Å². The number of ether oxygens (including phenoxy) is 1. The van der Waals surface area contributed by atoms with E-state index in [1.54, 1.807) is 0 Å². The van der Waals surface area contributed by atoms with E-state index in [-0.39, 0.29) is 12.4 Å². The molecule has 1 heterocycles. The molecule has 1 aliphatic heterocycles. The summed E-state index contributed by atoms with van der Waals surface area (Å²) < 4.78 is 5.57. The first-order chi connectivity index (χ1) is 7.34. The maximum atomic E-state index is 5.57. The minimum Gasteiger partial charge on any atom is -0.381 e. The number of unbranched alkanes of at least 4 members (excludes halogenated alkanes) is 1. The van der Waals surface area contributed by atoms with Crippen molar-refractivity contribution in [3.63, 3.8) is 0 Å². The van der Waals surface area contributed by atoms with Gasteiger partial charge in [-0.25, -0.2) is 0 Å². The van der Waals surface area contributed by atoms with Gasteiger partial charge in [-0.2, -0.15) is 0 Å². The normalized spacial score (nSPS) is 21.8. The van der Waals surface area contributed by atoms with Crippen LogP contribution in [0.5, 0.6) is 0 Å². The van der Waals surface area contributed by atoms with Crippen LogP contribution in [-0.4, -0.2) is 37.2 Å². The topological polar surface area (TPSA) is 12.5 Å². The van der Waals surface area contributed by atoms with Crippen molar-refractivity contribution in [1.82, 2.24) is 4.90 Å². The molecule has 0 aromatic rings. The Bertz CT molecular complexity index is 155. The van der Waals surface area contributed by atoms with E-state index in [1.807, 2.05) is 0 Å². The van der Waals surface area contributed by atoms with Crippen LogP contribution in [0.25, 0.3) is 0 Å². The lowest BCUT2D eigenvalue weighted by atomic mass is 10.0. The highest BCUT2D eigenvalue weighted by Gasteiger charge is 2.16. The van der Waals surface area contributed by atoms with E-state index >= 15 is 0 Å². The molecular weight excluding hydrogens is 222 g/mol. The lowest BCUT2D eigenvalue weighted by Crippen LogP contribution is -2.38. The van der Waals surface area contributed by atoms with E-state index in [2.05, 4.69) is 18.7 Å². The fraction of sp³-hybridized carbons (Fsp3) is 1.00. The average Bonchev–Trinajstić information content (AvgIpc) is 2.25. The van der Waals surface area contributed by atoms with Crippen molar-refractivity contribution in [3.8, 4) is 0 Å². The predicted octanol–water partition coefficient (Wildman–Crippen LogP) is 3.49. The SMILES string of the molecule is CCCCOCCCN1CCCCC1C.Cl. The van der Waals surface area contributed by atoms with Gasteiger partial charge in [0.25, 0.3) is 0 Å². The van der Waals surface area contributed by atoms with Crippen LogP contribution in [0.4, 0.5) is 0 Å². The smallest absolute Gasteiger partial charge is 0.0478 e. The summed E-state index contributed by atoms with van der Waals surface area (Å²) in [5.74, 6) is 0. The van der Waals surface area contributed by atoms with Crippen molar-refractivity contribution < 1.29 is 4.74 Å². The maximum Gasteiger partial charge on any atom is 0.0478 e. The molecule has 1 aliphatic rings. The van der Waals surface area contributed by atoms with Gasteiger partial charge in [-0.3, -0.25) is 0 Å². The lowest BCUT2D eigenvalue weighted by Gasteiger charge is -2.33. The third-order valence-electron chi connectivity index (χ3n) is 3.32. The second-order valence-electron chi connectivity index (χ2n) is 4.70. The molecule has 0 aromatic heterocycles. The highest BCUT2D eigenvalue weighted by molar-refractivity contribution is 5.85. The zero-order chi connectivity index (χ0) is 10.9. The average molecular weight is 250 g/mol. The van der Waals surface area contributed by atoms with Gasteiger partial charge in [0.2, 0.25) is 0 Å². The summed E-state index contributed by atoms with van der Waals surface area (Å²) in [6, 6.07) is 0.800. The van der Waals surface area contributed by atoms with Gasteiger partial charge in [0.1, 0.15) is 0 Å². The summed E-state index contributed by atoms with van der Waals surface area (Å²) in [5.41, 5.74) is 0. The predicted molar refractivity (Wildman–Crippen MR) is 72.5 cm³/mol. The van der Waals surface area contributed by atoms with E-state index in [1.165, 1.54) is 51.6 Å². The van der Waals surface area contributed by atoms with E-state index in [4.69, 9.17) is 4.74 Å². The monoisotopic (exact) mass is 249 g/mol. The summed E-state index contributed by atoms with van der Waals surface area (Å²) in [4.78, 5) is 2.62. The first-order valence-corrected chi connectivity index (χ1v) is 6.66.